The fourth-order valence-electron chi connectivity index (χ4n) is 2.95. The van der Waals surface area contributed by atoms with Crippen LogP contribution in [-0.4, -0.2) is 30.7 Å². The van der Waals surface area contributed by atoms with E-state index in [4.69, 9.17) is 9.47 Å². The summed E-state index contributed by atoms with van der Waals surface area (Å²) < 4.78 is 10.7. The molecule has 19 heavy (non-hydrogen) atoms. The van der Waals surface area contributed by atoms with Crippen LogP contribution in [0, 0.1) is 0 Å². The van der Waals surface area contributed by atoms with Gasteiger partial charge >= 0.3 is 6.01 Å². The molecule has 1 aromatic rings. The predicted molar refractivity (Wildman–Crippen MR) is 71.7 cm³/mol. The van der Waals surface area contributed by atoms with Crippen molar-refractivity contribution < 1.29 is 9.47 Å². The second-order valence-electron chi connectivity index (χ2n) is 5.62. The Bertz CT molecular complexity index is 480. The molecule has 1 N–H and O–H groups in total. The molecule has 5 heteroatoms. The van der Waals surface area contributed by atoms with Crippen molar-refractivity contribution in [3.63, 3.8) is 0 Å². The van der Waals surface area contributed by atoms with E-state index in [1.165, 1.54) is 19.3 Å². The molecule has 2 heterocycles. The molecule has 0 amide bonds. The molecular formula is C14H21N3O2. The van der Waals surface area contributed by atoms with Crippen LogP contribution in [-0.2, 0) is 5.54 Å². The first kappa shape index (κ1) is 12.7. The Morgan fingerprint density at radius 3 is 2.53 bits per heavy atom. The monoisotopic (exact) mass is 263 g/mol. The molecule has 3 rings (SSSR count). The lowest BCUT2D eigenvalue weighted by Gasteiger charge is -2.28. The molecule has 1 aliphatic heterocycles. The molecule has 1 saturated carbocycles. The van der Waals surface area contributed by atoms with Crippen LogP contribution >= 0.6 is 0 Å². The molecular weight excluding hydrogens is 242 g/mol. The lowest BCUT2D eigenvalue weighted by atomic mass is 9.88. The van der Waals surface area contributed by atoms with E-state index in [9.17, 15) is 0 Å². The third-order valence-electron chi connectivity index (χ3n) is 4.14. The summed E-state index contributed by atoms with van der Waals surface area (Å²) in [5.74, 6) is 1.20. The number of ether oxygens (including phenoxy) is 2. The number of hydrogen-bond acceptors (Lipinski definition) is 5. The molecule has 1 atom stereocenters. The molecule has 0 spiro atoms. The largest absolute Gasteiger partial charge is 0.481 e. The van der Waals surface area contributed by atoms with Gasteiger partial charge in [-0.2, -0.15) is 9.97 Å². The lowest BCUT2D eigenvalue weighted by molar-refractivity contribution is 0.326. The summed E-state index contributed by atoms with van der Waals surface area (Å²) in [6.07, 6.45) is 4.67. The zero-order valence-corrected chi connectivity index (χ0v) is 11.8. The molecule has 0 aromatic carbocycles. The summed E-state index contributed by atoms with van der Waals surface area (Å²) in [7, 11) is 3.26. The van der Waals surface area contributed by atoms with E-state index < -0.39 is 0 Å². The van der Waals surface area contributed by atoms with Gasteiger partial charge < -0.3 is 14.8 Å². The highest BCUT2D eigenvalue weighted by atomic mass is 16.5. The van der Waals surface area contributed by atoms with E-state index in [1.807, 2.05) is 0 Å². The van der Waals surface area contributed by atoms with Gasteiger partial charge in [0.25, 0.3) is 0 Å². The van der Waals surface area contributed by atoms with Crippen LogP contribution in [0.2, 0.25) is 0 Å². The minimum Gasteiger partial charge on any atom is -0.481 e. The zero-order chi connectivity index (χ0) is 13.5. The summed E-state index contributed by atoms with van der Waals surface area (Å²) in [5, 5.41) is 3.58. The Hall–Kier alpha value is -1.36. The standard InChI is InChI=1S/C14H21N3O2/c1-14(7-4-8-15-14)10-11(9-5-6-9)16-13(19-3)17-12(10)18-2/h9,15H,4-8H2,1-3H3. The maximum absolute atomic E-state index is 5.51. The topological polar surface area (TPSA) is 56.3 Å². The highest BCUT2D eigenvalue weighted by molar-refractivity contribution is 5.42. The van der Waals surface area contributed by atoms with Crippen molar-refractivity contribution in [1.29, 1.82) is 0 Å². The average molecular weight is 263 g/mol. The molecule has 1 unspecified atom stereocenters. The molecule has 0 radical (unpaired) electrons. The van der Waals surface area contributed by atoms with Crippen LogP contribution in [0.5, 0.6) is 11.9 Å². The molecule has 1 saturated heterocycles. The first-order valence-electron chi connectivity index (χ1n) is 6.93. The molecule has 1 aromatic heterocycles. The highest BCUT2D eigenvalue weighted by Crippen LogP contribution is 2.47. The van der Waals surface area contributed by atoms with Crippen molar-refractivity contribution >= 4 is 0 Å². The Morgan fingerprint density at radius 2 is 2.00 bits per heavy atom. The van der Waals surface area contributed by atoms with Gasteiger partial charge in [-0.3, -0.25) is 0 Å². The summed E-state index contributed by atoms with van der Waals surface area (Å²) in [6.45, 7) is 3.26. The number of aromatic nitrogens is 2. The molecule has 104 valence electrons. The second-order valence-corrected chi connectivity index (χ2v) is 5.62. The maximum atomic E-state index is 5.51. The van der Waals surface area contributed by atoms with Crippen LogP contribution in [0.4, 0.5) is 0 Å². The lowest BCUT2D eigenvalue weighted by Crippen LogP contribution is -2.35. The van der Waals surface area contributed by atoms with Gasteiger partial charge in [-0.1, -0.05) is 0 Å². The van der Waals surface area contributed by atoms with Crippen molar-refractivity contribution in [2.45, 2.75) is 44.1 Å². The van der Waals surface area contributed by atoms with Crippen LogP contribution in [0.25, 0.3) is 0 Å². The number of hydrogen-bond donors (Lipinski definition) is 1. The fraction of sp³-hybridized carbons (Fsp3) is 0.714. The molecule has 5 nitrogen and oxygen atoms in total. The summed E-state index contributed by atoms with van der Waals surface area (Å²) in [5.41, 5.74) is 2.17. The number of nitrogens with zero attached hydrogens (tertiary/aromatic N) is 2. The van der Waals surface area contributed by atoms with Crippen molar-refractivity contribution in [3.8, 4) is 11.9 Å². The van der Waals surface area contributed by atoms with Crippen LogP contribution < -0.4 is 14.8 Å². The summed E-state index contributed by atoms with van der Waals surface area (Å²) in [6, 6.07) is 0.407. The Kier molecular flexibility index (Phi) is 3.09. The van der Waals surface area contributed by atoms with E-state index in [0.29, 0.717) is 17.8 Å². The predicted octanol–water partition coefficient (Wildman–Crippen LogP) is 1.97. The van der Waals surface area contributed by atoms with Crippen molar-refractivity contribution in [3.05, 3.63) is 11.3 Å². The van der Waals surface area contributed by atoms with E-state index >= 15 is 0 Å². The van der Waals surface area contributed by atoms with Gasteiger partial charge in [0.1, 0.15) is 0 Å². The molecule has 2 aliphatic rings. The van der Waals surface area contributed by atoms with E-state index in [0.717, 1.165) is 24.2 Å². The van der Waals surface area contributed by atoms with E-state index in [1.54, 1.807) is 14.2 Å². The number of methoxy groups -OCH3 is 2. The maximum Gasteiger partial charge on any atom is 0.319 e. The van der Waals surface area contributed by atoms with Gasteiger partial charge in [-0.25, -0.2) is 0 Å². The minimum absolute atomic E-state index is 0.0739. The van der Waals surface area contributed by atoms with Crippen LogP contribution in [0.15, 0.2) is 0 Å². The van der Waals surface area contributed by atoms with E-state index in [-0.39, 0.29) is 5.54 Å². The smallest absolute Gasteiger partial charge is 0.319 e. The number of nitrogens with one attached hydrogen (secondary N) is 1. The van der Waals surface area contributed by atoms with Gasteiger partial charge in [0.2, 0.25) is 5.88 Å². The van der Waals surface area contributed by atoms with Crippen molar-refractivity contribution in [2.24, 2.45) is 0 Å². The Labute approximate surface area is 113 Å². The SMILES string of the molecule is COc1nc(OC)c(C2(C)CCCN2)c(C2CC2)n1. The third-order valence-corrected chi connectivity index (χ3v) is 4.14. The van der Waals surface area contributed by atoms with Gasteiger partial charge in [0.05, 0.1) is 25.5 Å². The van der Waals surface area contributed by atoms with Gasteiger partial charge in [0.15, 0.2) is 0 Å². The minimum atomic E-state index is -0.0739. The van der Waals surface area contributed by atoms with Crippen molar-refractivity contribution in [2.75, 3.05) is 20.8 Å². The fourth-order valence-corrected chi connectivity index (χ4v) is 2.95. The Balaban J connectivity index is 2.14. The summed E-state index contributed by atoms with van der Waals surface area (Å²) in [4.78, 5) is 8.97. The first-order chi connectivity index (χ1) is 9.18. The normalized spacial score (nSPS) is 26.5. The Morgan fingerprint density at radius 1 is 1.21 bits per heavy atom. The van der Waals surface area contributed by atoms with Crippen molar-refractivity contribution in [1.82, 2.24) is 15.3 Å². The van der Waals surface area contributed by atoms with Crippen LogP contribution in [0.3, 0.4) is 0 Å². The molecule has 1 aliphatic carbocycles. The second kappa shape index (κ2) is 4.63. The number of rotatable bonds is 4. The van der Waals surface area contributed by atoms with E-state index in [2.05, 4.69) is 22.2 Å². The highest BCUT2D eigenvalue weighted by Gasteiger charge is 2.41. The van der Waals surface area contributed by atoms with Gasteiger partial charge in [-0.15, -0.1) is 0 Å². The van der Waals surface area contributed by atoms with Crippen LogP contribution in [0.1, 0.15) is 49.8 Å². The quantitative estimate of drug-likeness (QED) is 0.900. The van der Waals surface area contributed by atoms with Gasteiger partial charge in [0, 0.05) is 11.5 Å². The van der Waals surface area contributed by atoms with Gasteiger partial charge in [-0.05, 0) is 39.2 Å². The average Bonchev–Trinajstić information content (AvgIpc) is 3.19. The third kappa shape index (κ3) is 2.16. The zero-order valence-electron chi connectivity index (χ0n) is 11.8. The summed E-state index contributed by atoms with van der Waals surface area (Å²) >= 11 is 0. The molecule has 2 fully saturated rings. The molecule has 0 bridgehead atoms. The first-order valence-corrected chi connectivity index (χ1v) is 6.93.